The average molecular weight is 330 g/mol. The van der Waals surface area contributed by atoms with Crippen molar-refractivity contribution in [2.75, 3.05) is 32.5 Å². The van der Waals surface area contributed by atoms with Gasteiger partial charge in [-0.3, -0.25) is 0 Å². The lowest BCUT2D eigenvalue weighted by molar-refractivity contribution is -0.140. The molecule has 0 aromatic heterocycles. The number of esters is 2. The molecule has 0 saturated heterocycles. The number of nitrogens with zero attached hydrogens (tertiary/aromatic N) is 1. The lowest BCUT2D eigenvalue weighted by Crippen LogP contribution is -2.39. The zero-order valence-electron chi connectivity index (χ0n) is 11.9. The zero-order chi connectivity index (χ0) is 16.3. The molecule has 1 aliphatic rings. The number of ether oxygens (including phenoxy) is 3. The van der Waals surface area contributed by atoms with Gasteiger partial charge in [0.25, 0.3) is 0 Å². The standard InChI is InChI=1S/C14H13ClFNO5/c1-20-13(18)8-6-22-7-17(11(8)14(19)21-2)12-9(15)4-3-5-10(12)16/h3-5H,6-7H2,1-2H3. The van der Waals surface area contributed by atoms with Crippen molar-refractivity contribution >= 4 is 29.2 Å². The Kier molecular flexibility index (Phi) is 4.99. The predicted octanol–water partition coefficient (Wildman–Crippen LogP) is 1.87. The number of methoxy groups -OCH3 is 2. The van der Waals surface area contributed by atoms with Crippen LogP contribution in [0.5, 0.6) is 0 Å². The molecule has 0 spiro atoms. The van der Waals surface area contributed by atoms with Gasteiger partial charge in [0.05, 0.1) is 37.1 Å². The largest absolute Gasteiger partial charge is 0.466 e. The normalized spacial score (nSPS) is 14.8. The van der Waals surface area contributed by atoms with Crippen molar-refractivity contribution in [1.29, 1.82) is 0 Å². The SMILES string of the molecule is COC(=O)C1=C(C(=O)OC)N(c2c(F)cccc2Cl)COC1. The van der Waals surface area contributed by atoms with Crippen molar-refractivity contribution in [1.82, 2.24) is 0 Å². The van der Waals surface area contributed by atoms with Crippen molar-refractivity contribution in [3.63, 3.8) is 0 Å². The molecule has 0 amide bonds. The number of hydrogen-bond donors (Lipinski definition) is 0. The molecule has 0 radical (unpaired) electrons. The van der Waals surface area contributed by atoms with E-state index in [1.807, 2.05) is 0 Å². The summed E-state index contributed by atoms with van der Waals surface area (Å²) in [5.74, 6) is -2.25. The summed E-state index contributed by atoms with van der Waals surface area (Å²) in [5.41, 5.74) is -0.307. The molecule has 6 nitrogen and oxygen atoms in total. The van der Waals surface area contributed by atoms with Crippen molar-refractivity contribution < 1.29 is 28.2 Å². The van der Waals surface area contributed by atoms with Crippen LogP contribution in [-0.4, -0.2) is 39.5 Å². The first-order valence-electron chi connectivity index (χ1n) is 6.20. The van der Waals surface area contributed by atoms with Crippen molar-refractivity contribution in [3.05, 3.63) is 40.3 Å². The highest BCUT2D eigenvalue weighted by molar-refractivity contribution is 6.33. The average Bonchev–Trinajstić information content (AvgIpc) is 2.53. The van der Waals surface area contributed by atoms with Crippen molar-refractivity contribution in [2.24, 2.45) is 0 Å². The molecule has 1 heterocycles. The van der Waals surface area contributed by atoms with Crippen LogP contribution in [-0.2, 0) is 23.8 Å². The quantitative estimate of drug-likeness (QED) is 0.789. The monoisotopic (exact) mass is 329 g/mol. The molecule has 0 N–H and O–H groups in total. The van der Waals surface area contributed by atoms with Crippen LogP contribution in [0.2, 0.25) is 5.02 Å². The zero-order valence-corrected chi connectivity index (χ0v) is 12.6. The number of carbonyl (C=O) groups excluding carboxylic acids is 2. The molecule has 0 bridgehead atoms. The van der Waals surface area contributed by atoms with E-state index < -0.39 is 17.8 Å². The second-order valence-electron chi connectivity index (χ2n) is 4.29. The summed E-state index contributed by atoms with van der Waals surface area (Å²) in [6.07, 6.45) is 0. The topological polar surface area (TPSA) is 65.1 Å². The van der Waals surface area contributed by atoms with Gasteiger partial charge < -0.3 is 19.1 Å². The Hall–Kier alpha value is -2.12. The van der Waals surface area contributed by atoms with E-state index in [-0.39, 0.29) is 35.3 Å². The van der Waals surface area contributed by atoms with E-state index in [1.54, 1.807) is 0 Å². The Labute approximate surface area is 131 Å². The van der Waals surface area contributed by atoms with Gasteiger partial charge in [0.15, 0.2) is 0 Å². The van der Waals surface area contributed by atoms with Crippen LogP contribution in [0, 0.1) is 5.82 Å². The lowest BCUT2D eigenvalue weighted by atomic mass is 10.1. The Balaban J connectivity index is 2.63. The Bertz CT molecular complexity index is 626. The first-order chi connectivity index (χ1) is 10.5. The van der Waals surface area contributed by atoms with Gasteiger partial charge in [-0.2, -0.15) is 0 Å². The molecule has 0 atom stereocenters. The molecule has 22 heavy (non-hydrogen) atoms. The van der Waals surface area contributed by atoms with E-state index in [2.05, 4.69) is 9.47 Å². The van der Waals surface area contributed by atoms with Crippen LogP contribution < -0.4 is 4.90 Å². The number of carbonyl (C=O) groups is 2. The highest BCUT2D eigenvalue weighted by atomic mass is 35.5. The third-order valence-corrected chi connectivity index (χ3v) is 3.35. The highest BCUT2D eigenvalue weighted by Crippen LogP contribution is 2.34. The van der Waals surface area contributed by atoms with E-state index in [1.165, 1.54) is 25.3 Å². The van der Waals surface area contributed by atoms with Crippen molar-refractivity contribution in [2.45, 2.75) is 0 Å². The summed E-state index contributed by atoms with van der Waals surface area (Å²) < 4.78 is 28.7. The smallest absolute Gasteiger partial charge is 0.355 e. The Morgan fingerprint density at radius 2 is 1.95 bits per heavy atom. The molecule has 1 aromatic carbocycles. The van der Waals surface area contributed by atoms with Gasteiger partial charge in [0, 0.05) is 0 Å². The first kappa shape index (κ1) is 16.3. The van der Waals surface area contributed by atoms with Crippen LogP contribution in [0.25, 0.3) is 0 Å². The van der Waals surface area contributed by atoms with E-state index in [0.29, 0.717) is 0 Å². The number of rotatable bonds is 3. The molecule has 0 saturated carbocycles. The highest BCUT2D eigenvalue weighted by Gasteiger charge is 2.34. The fourth-order valence-electron chi connectivity index (χ4n) is 2.07. The second kappa shape index (κ2) is 6.76. The fraction of sp³-hybridized carbons (Fsp3) is 0.286. The number of benzene rings is 1. The minimum absolute atomic E-state index is 0.0659. The Morgan fingerprint density at radius 3 is 2.55 bits per heavy atom. The second-order valence-corrected chi connectivity index (χ2v) is 4.69. The minimum atomic E-state index is -0.817. The van der Waals surface area contributed by atoms with E-state index >= 15 is 0 Å². The lowest BCUT2D eigenvalue weighted by Gasteiger charge is -2.31. The Morgan fingerprint density at radius 1 is 1.27 bits per heavy atom. The van der Waals surface area contributed by atoms with Crippen LogP contribution in [0.1, 0.15) is 0 Å². The maximum Gasteiger partial charge on any atom is 0.355 e. The number of halogens is 2. The molecule has 1 aliphatic heterocycles. The maximum absolute atomic E-state index is 14.1. The van der Waals surface area contributed by atoms with Gasteiger partial charge in [-0.15, -0.1) is 0 Å². The predicted molar refractivity (Wildman–Crippen MR) is 75.8 cm³/mol. The molecular formula is C14H13ClFNO5. The molecule has 0 fully saturated rings. The van der Waals surface area contributed by atoms with Crippen LogP contribution in [0.4, 0.5) is 10.1 Å². The summed E-state index contributed by atoms with van der Waals surface area (Å²) >= 11 is 6.01. The van der Waals surface area contributed by atoms with E-state index in [4.69, 9.17) is 16.3 Å². The fourth-order valence-corrected chi connectivity index (χ4v) is 2.33. The molecule has 2 rings (SSSR count). The van der Waals surface area contributed by atoms with Gasteiger partial charge in [0.2, 0.25) is 0 Å². The third kappa shape index (κ3) is 2.90. The summed E-state index contributed by atoms with van der Waals surface area (Å²) in [6, 6.07) is 4.07. The molecule has 1 aromatic rings. The first-order valence-corrected chi connectivity index (χ1v) is 6.58. The molecule has 8 heteroatoms. The van der Waals surface area contributed by atoms with E-state index in [9.17, 15) is 14.0 Å². The molecular weight excluding hydrogens is 317 g/mol. The molecule has 118 valence electrons. The third-order valence-electron chi connectivity index (χ3n) is 3.04. The molecule has 0 unspecified atom stereocenters. The number of anilines is 1. The summed E-state index contributed by atoms with van der Waals surface area (Å²) in [7, 11) is 2.32. The molecule has 0 aliphatic carbocycles. The van der Waals surface area contributed by atoms with E-state index in [0.717, 1.165) is 12.0 Å². The van der Waals surface area contributed by atoms with Crippen LogP contribution in [0.15, 0.2) is 29.5 Å². The number of hydrogen-bond acceptors (Lipinski definition) is 6. The van der Waals surface area contributed by atoms with Gasteiger partial charge >= 0.3 is 11.9 Å². The summed E-state index contributed by atoms with van der Waals surface area (Å²) in [6.45, 7) is -0.314. The van der Waals surface area contributed by atoms with Crippen LogP contribution >= 0.6 is 11.6 Å². The summed E-state index contributed by atoms with van der Waals surface area (Å²) in [4.78, 5) is 25.0. The van der Waals surface area contributed by atoms with Gasteiger partial charge in [-0.25, -0.2) is 14.0 Å². The number of para-hydroxylation sites is 1. The van der Waals surface area contributed by atoms with Crippen molar-refractivity contribution in [3.8, 4) is 0 Å². The summed E-state index contributed by atoms with van der Waals surface area (Å²) in [5, 5.41) is 0.0659. The van der Waals surface area contributed by atoms with Gasteiger partial charge in [-0.05, 0) is 12.1 Å². The van der Waals surface area contributed by atoms with Gasteiger partial charge in [0.1, 0.15) is 18.2 Å². The maximum atomic E-state index is 14.1. The van der Waals surface area contributed by atoms with Gasteiger partial charge in [-0.1, -0.05) is 17.7 Å². The van der Waals surface area contributed by atoms with Crippen LogP contribution in [0.3, 0.4) is 0 Å². The minimum Gasteiger partial charge on any atom is -0.466 e.